The number of rotatable bonds is 25. The van der Waals surface area contributed by atoms with Gasteiger partial charge >= 0.3 is 29.6 Å². The van der Waals surface area contributed by atoms with Crippen molar-refractivity contribution in [3.8, 4) is 0 Å². The van der Waals surface area contributed by atoms with Gasteiger partial charge in [0.1, 0.15) is 6.10 Å². The van der Waals surface area contributed by atoms with Gasteiger partial charge in [-0.2, -0.15) is 24.4 Å². The second kappa shape index (κ2) is 52.8. The number of nitrogens with two attached hydrogens (primary N) is 1. The molecule has 1 fully saturated rings. The average molecular weight is 1370 g/mol. The predicted octanol–water partition coefficient (Wildman–Crippen LogP) is 3.99. The van der Waals surface area contributed by atoms with E-state index in [-0.39, 0.29) is 105 Å². The van der Waals surface area contributed by atoms with E-state index in [4.69, 9.17) is 63.6 Å². The zero-order valence-corrected chi connectivity index (χ0v) is 63.8. The maximum Gasteiger partial charge on any atom is 1.00 e. The van der Waals surface area contributed by atoms with Crippen molar-refractivity contribution in [1.29, 1.82) is 0 Å². The first-order valence-corrected chi connectivity index (χ1v) is 36.4. The number of thioether (sulfide) groups is 2. The maximum absolute atomic E-state index is 11.4. The van der Waals surface area contributed by atoms with Crippen LogP contribution in [0.2, 0.25) is 0 Å². The van der Waals surface area contributed by atoms with E-state index in [0.29, 0.717) is 41.3 Å². The first-order valence-electron chi connectivity index (χ1n) is 27.8. The van der Waals surface area contributed by atoms with Crippen LogP contribution >= 0.6 is 48.0 Å². The van der Waals surface area contributed by atoms with Crippen LogP contribution in [0.1, 0.15) is 184 Å². The SMILES string of the molecule is CC(=O)SCCC(C)(C)C.CC(C)(C)CCS.CC(C)(C)CCS(=O)(=O)CC(O)CO.CC(C)(C)CCS(=O)(=O)CC(O)CO.CC(C)(C)CCSCC(O)CO.CC(C)(C)OCl.CC(C)(N)CCS(=O)(=O)CC(O)CO.OCC1CO1.[Na+].[OH-]. The van der Waals surface area contributed by atoms with Crippen LogP contribution < -0.4 is 35.3 Å². The molecule has 84 heavy (non-hydrogen) atoms. The number of halogens is 1. The van der Waals surface area contributed by atoms with Crippen molar-refractivity contribution < 1.29 is 120 Å². The van der Waals surface area contributed by atoms with E-state index < -0.39 is 85.0 Å². The predicted molar refractivity (Wildman–Crippen MR) is 351 cm³/mol. The summed E-state index contributed by atoms with van der Waals surface area (Å²) in [5.74, 6) is 2.63. The Hall–Kier alpha value is 1.34. The molecule has 1 saturated heterocycles. The molecule has 512 valence electrons. The van der Waals surface area contributed by atoms with Crippen LogP contribution in [-0.2, 0) is 43.3 Å². The Kier molecular flexibility index (Phi) is 65.5. The molecule has 0 amide bonds. The van der Waals surface area contributed by atoms with Gasteiger partial charge < -0.3 is 61.9 Å². The van der Waals surface area contributed by atoms with Gasteiger partial charge in [-0.1, -0.05) is 116 Å². The molecule has 1 aliphatic heterocycles. The van der Waals surface area contributed by atoms with Crippen molar-refractivity contribution >= 4 is 82.6 Å². The third-order valence-electron chi connectivity index (χ3n) is 9.73. The summed E-state index contributed by atoms with van der Waals surface area (Å²) < 4.78 is 77.2. The molecule has 1 aliphatic rings. The Balaban J connectivity index is -0.000000111. The van der Waals surface area contributed by atoms with Gasteiger partial charge in [-0.05, 0) is 112 Å². The van der Waals surface area contributed by atoms with Crippen LogP contribution in [0.25, 0.3) is 0 Å². The van der Waals surface area contributed by atoms with E-state index in [1.165, 1.54) is 18.2 Å². The molecule has 0 aliphatic carbocycles. The summed E-state index contributed by atoms with van der Waals surface area (Å²) in [4.78, 5) is 10.5. The van der Waals surface area contributed by atoms with Crippen molar-refractivity contribution in [2.75, 3.05) is 97.2 Å². The molecular formula is C56H125ClNNaO19S6. The molecule has 0 spiro atoms. The Labute approximate surface area is 553 Å². The Morgan fingerprint density at radius 2 is 0.833 bits per heavy atom. The first-order chi connectivity index (χ1) is 36.4. The molecule has 1 rings (SSSR count). The third kappa shape index (κ3) is 108. The van der Waals surface area contributed by atoms with E-state index in [2.05, 4.69) is 84.0 Å². The molecule has 12 N–H and O–H groups in total. The standard InChI is InChI=1S/2C9H20O4S.C9H20O2S.C8H19NO4S.C8H16OS.C6H14S.C4H9ClO.C3H6O2.Na.H2O/c2*1-9(2,3)4-5-14(12,13)7-8(11)6-10;1-9(2,3)4-5-12-7-8(11)6-10;1-8(2,9)3-4-14(12,13)6-7(11)5-10;1-7(9)10-6-5-8(2,3)4;1-6(2,3)4-5-7;1-4(2,3)6-5;4-1-3-2-5-3;;/h2*8,10-11H,4-7H2,1-3H3;8,10-11H,4-7H2,1-3H3;7,10-11H,3-6,9H2,1-2H3;5-6H2,1-4H3;7H,4-5H2,1-3H3;1-3H3;3-4H,1-2H2;;1H2/q;;;;;;;;+1;/p-1. The van der Waals surface area contributed by atoms with Gasteiger partial charge in [0.15, 0.2) is 34.6 Å². The number of sulfone groups is 3. The van der Waals surface area contributed by atoms with Crippen LogP contribution in [0, 0.1) is 27.1 Å². The molecule has 0 aromatic rings. The number of aliphatic hydroxyl groups excluding tert-OH is 9. The summed E-state index contributed by atoms with van der Waals surface area (Å²) in [5, 5.41) is 78.3. The van der Waals surface area contributed by atoms with Crippen molar-refractivity contribution in [3.63, 3.8) is 0 Å². The fourth-order valence-electron chi connectivity index (χ4n) is 4.29. The first kappa shape index (κ1) is 104. The number of ether oxygens (including phenoxy) is 1. The zero-order valence-electron chi connectivity index (χ0n) is 56.0. The molecule has 0 aromatic carbocycles. The van der Waals surface area contributed by atoms with Crippen LogP contribution in [0.4, 0.5) is 0 Å². The van der Waals surface area contributed by atoms with Crippen LogP contribution in [0.3, 0.4) is 0 Å². The smallest absolute Gasteiger partial charge is 0.870 e. The molecule has 5 unspecified atom stereocenters. The largest absolute Gasteiger partial charge is 1.00 e. The second-order valence-electron chi connectivity index (χ2n) is 27.9. The van der Waals surface area contributed by atoms with Gasteiger partial charge in [-0.15, -0.1) is 0 Å². The topological polar surface area (TPSA) is 379 Å². The van der Waals surface area contributed by atoms with Gasteiger partial charge in [-0.3, -0.25) is 9.08 Å². The van der Waals surface area contributed by atoms with E-state index in [0.717, 1.165) is 36.7 Å². The summed E-state index contributed by atoms with van der Waals surface area (Å²) >= 11 is 12.2. The average Bonchev–Trinajstić information content (AvgIpc) is 4.13. The van der Waals surface area contributed by atoms with Crippen LogP contribution in [0.5, 0.6) is 0 Å². The Bertz CT molecular complexity index is 1720. The third-order valence-corrected chi connectivity index (χ3v) is 17.5. The fraction of sp³-hybridized carbons (Fsp3) is 0.982. The second-order valence-corrected chi connectivity index (χ2v) is 37.7. The number of carbonyl (C=O) groups excluding carboxylic acids is 1. The molecule has 1 heterocycles. The van der Waals surface area contributed by atoms with Crippen molar-refractivity contribution in [2.45, 2.75) is 226 Å². The van der Waals surface area contributed by atoms with Crippen molar-refractivity contribution in [2.24, 2.45) is 32.8 Å². The van der Waals surface area contributed by atoms with E-state index in [1.54, 1.807) is 32.5 Å². The summed E-state index contributed by atoms with van der Waals surface area (Å²) in [7, 11) is -9.79. The molecule has 5 atom stereocenters. The molecular weight excluding hydrogens is 1240 g/mol. The van der Waals surface area contributed by atoms with E-state index >= 15 is 0 Å². The van der Waals surface area contributed by atoms with Gasteiger partial charge in [-0.25, -0.2) is 25.3 Å². The maximum atomic E-state index is 11.4. The van der Waals surface area contributed by atoms with Gasteiger partial charge in [0.05, 0.1) is 116 Å². The van der Waals surface area contributed by atoms with Crippen LogP contribution in [0.15, 0.2) is 0 Å². The molecule has 0 saturated carbocycles. The minimum absolute atomic E-state index is 0. The summed E-state index contributed by atoms with van der Waals surface area (Å²) in [6.45, 7) is 41.7. The summed E-state index contributed by atoms with van der Waals surface area (Å²) in [5.41, 5.74) is 6.05. The quantitative estimate of drug-likeness (QED) is 0.0266. The molecule has 0 aromatic heterocycles. The molecule has 0 bridgehead atoms. The minimum atomic E-state index is -3.32. The van der Waals surface area contributed by atoms with Crippen LogP contribution in [-0.4, -0.2) is 221 Å². The van der Waals surface area contributed by atoms with Gasteiger partial charge in [0.25, 0.3) is 0 Å². The Morgan fingerprint density at radius 1 is 0.560 bits per heavy atom. The number of aliphatic hydroxyl groups is 9. The summed E-state index contributed by atoms with van der Waals surface area (Å²) in [6.07, 6.45) is 1.07. The number of hydrogen-bond acceptors (Lipinski definition) is 23. The molecule has 20 nitrogen and oxygen atoms in total. The van der Waals surface area contributed by atoms with Gasteiger partial charge in [0, 0.05) is 24.0 Å². The number of thiol groups is 1. The molecule has 28 heteroatoms. The van der Waals surface area contributed by atoms with Crippen molar-refractivity contribution in [3.05, 3.63) is 0 Å². The van der Waals surface area contributed by atoms with Gasteiger partial charge in [0.2, 0.25) is 0 Å². The monoisotopic (exact) mass is 1370 g/mol. The minimum Gasteiger partial charge on any atom is -0.870 e. The number of epoxide rings is 1. The zero-order chi connectivity index (χ0) is 66.8. The fourth-order valence-corrected chi connectivity index (χ4v) is 12.5. The number of hydrogen-bond donors (Lipinski definition) is 11. The normalized spacial score (nSPS) is 15.1. The Morgan fingerprint density at radius 3 is 1.01 bits per heavy atom. The van der Waals surface area contributed by atoms with E-state index in [9.17, 15) is 30.0 Å². The van der Waals surface area contributed by atoms with Crippen molar-refractivity contribution in [1.82, 2.24) is 0 Å². The van der Waals surface area contributed by atoms with E-state index in [1.807, 2.05) is 62.3 Å². The molecule has 0 radical (unpaired) electrons. The summed E-state index contributed by atoms with van der Waals surface area (Å²) in [6, 6.07) is 0. The number of carbonyl (C=O) groups is 1.